The van der Waals surface area contributed by atoms with Crippen LogP contribution in [0, 0.1) is 0 Å². The Balaban J connectivity index is 1.77. The van der Waals surface area contributed by atoms with E-state index in [9.17, 15) is 9.90 Å². The second kappa shape index (κ2) is 6.16. The van der Waals surface area contributed by atoms with Gasteiger partial charge in [0.15, 0.2) is 0 Å². The number of nitrogens with one attached hydrogen (secondary N) is 1. The third-order valence-electron chi connectivity index (χ3n) is 4.33. The number of aromatic amines is 1. The van der Waals surface area contributed by atoms with Crippen LogP contribution in [-0.2, 0) is 12.8 Å². The molecule has 112 valence electrons. The van der Waals surface area contributed by atoms with E-state index in [0.717, 1.165) is 24.2 Å². The smallest absolute Gasteiger partial charge is 0.343 e. The molecule has 1 fully saturated rings. The van der Waals surface area contributed by atoms with Crippen molar-refractivity contribution in [1.29, 1.82) is 0 Å². The molecule has 1 aromatic carbocycles. The number of phenols is 1. The van der Waals surface area contributed by atoms with Crippen molar-refractivity contribution in [3.8, 4) is 5.75 Å². The SMILES string of the molecule is O=c1[nH]nc(CCc2ccccc2O)n1C1CCCCC1. The van der Waals surface area contributed by atoms with Crippen molar-refractivity contribution in [2.75, 3.05) is 0 Å². The molecule has 1 saturated carbocycles. The fourth-order valence-corrected chi connectivity index (χ4v) is 3.20. The molecule has 0 amide bonds. The number of aromatic hydroxyl groups is 1. The number of hydrogen-bond acceptors (Lipinski definition) is 3. The first-order chi connectivity index (χ1) is 10.3. The van der Waals surface area contributed by atoms with Crippen molar-refractivity contribution in [3.63, 3.8) is 0 Å². The molecule has 0 saturated heterocycles. The van der Waals surface area contributed by atoms with Crippen LogP contribution < -0.4 is 5.69 Å². The number of H-pyrrole nitrogens is 1. The van der Waals surface area contributed by atoms with Crippen LogP contribution in [0.5, 0.6) is 5.75 Å². The molecule has 3 rings (SSSR count). The van der Waals surface area contributed by atoms with E-state index in [4.69, 9.17) is 0 Å². The lowest BCUT2D eigenvalue weighted by Crippen LogP contribution is -2.26. The maximum atomic E-state index is 12.0. The number of phenolic OH excluding ortho intramolecular Hbond substituents is 1. The van der Waals surface area contributed by atoms with Crippen LogP contribution in [-0.4, -0.2) is 19.9 Å². The maximum absolute atomic E-state index is 12.0. The standard InChI is InChI=1S/C16H21N3O2/c20-14-9-5-4-6-12(14)10-11-15-17-18-16(21)19(15)13-7-2-1-3-8-13/h4-6,9,13,20H,1-3,7-8,10-11H2,(H,18,21). The van der Waals surface area contributed by atoms with Crippen molar-refractivity contribution in [1.82, 2.24) is 14.8 Å². The Labute approximate surface area is 123 Å². The molecule has 0 radical (unpaired) electrons. The van der Waals surface area contributed by atoms with Crippen molar-refractivity contribution in [2.24, 2.45) is 0 Å². The summed E-state index contributed by atoms with van der Waals surface area (Å²) in [4.78, 5) is 12.0. The van der Waals surface area contributed by atoms with E-state index in [1.165, 1.54) is 19.3 Å². The van der Waals surface area contributed by atoms with Gasteiger partial charge in [0, 0.05) is 12.5 Å². The van der Waals surface area contributed by atoms with Crippen molar-refractivity contribution >= 4 is 0 Å². The summed E-state index contributed by atoms with van der Waals surface area (Å²) in [5.74, 6) is 1.11. The summed E-state index contributed by atoms with van der Waals surface area (Å²) < 4.78 is 1.83. The van der Waals surface area contributed by atoms with E-state index in [0.29, 0.717) is 18.6 Å². The molecule has 0 atom stereocenters. The predicted octanol–water partition coefficient (Wildman–Crippen LogP) is 2.57. The summed E-state index contributed by atoms with van der Waals surface area (Å²) in [6.45, 7) is 0. The largest absolute Gasteiger partial charge is 0.508 e. The molecule has 0 unspecified atom stereocenters. The highest BCUT2D eigenvalue weighted by Gasteiger charge is 2.20. The first-order valence-corrected chi connectivity index (χ1v) is 7.68. The minimum absolute atomic E-state index is 0.103. The molecular formula is C16H21N3O2. The van der Waals surface area contributed by atoms with Gasteiger partial charge in [0.25, 0.3) is 0 Å². The zero-order chi connectivity index (χ0) is 14.7. The topological polar surface area (TPSA) is 70.9 Å². The fourth-order valence-electron chi connectivity index (χ4n) is 3.20. The first-order valence-electron chi connectivity index (χ1n) is 7.68. The van der Waals surface area contributed by atoms with E-state index in [1.807, 2.05) is 22.8 Å². The molecule has 1 aliphatic carbocycles. The average Bonchev–Trinajstić information content (AvgIpc) is 2.88. The van der Waals surface area contributed by atoms with Crippen LogP contribution in [0.2, 0.25) is 0 Å². The number of rotatable bonds is 4. The molecule has 0 spiro atoms. The molecule has 1 aliphatic rings. The van der Waals surface area contributed by atoms with Crippen molar-refractivity contribution in [3.05, 3.63) is 46.1 Å². The summed E-state index contributed by atoms with van der Waals surface area (Å²) in [5.41, 5.74) is 0.789. The van der Waals surface area contributed by atoms with Gasteiger partial charge in [-0.25, -0.2) is 9.89 Å². The predicted molar refractivity (Wildman–Crippen MR) is 80.5 cm³/mol. The maximum Gasteiger partial charge on any atom is 0.343 e. The molecule has 0 aliphatic heterocycles. The number of benzene rings is 1. The van der Waals surface area contributed by atoms with Gasteiger partial charge in [-0.05, 0) is 30.9 Å². The number of nitrogens with zero attached hydrogens (tertiary/aromatic N) is 2. The zero-order valence-corrected chi connectivity index (χ0v) is 12.1. The monoisotopic (exact) mass is 287 g/mol. The molecule has 2 N–H and O–H groups in total. The molecular weight excluding hydrogens is 266 g/mol. The van der Waals surface area contributed by atoms with Crippen LogP contribution in [0.15, 0.2) is 29.1 Å². The van der Waals surface area contributed by atoms with E-state index >= 15 is 0 Å². The minimum Gasteiger partial charge on any atom is -0.508 e. The molecule has 2 aromatic rings. The zero-order valence-electron chi connectivity index (χ0n) is 12.1. The summed E-state index contributed by atoms with van der Waals surface area (Å²) in [5, 5.41) is 16.6. The highest BCUT2D eigenvalue weighted by atomic mass is 16.3. The Bertz CT molecular complexity index is 654. The van der Waals surface area contributed by atoms with Crippen molar-refractivity contribution in [2.45, 2.75) is 51.0 Å². The minimum atomic E-state index is -0.103. The second-order valence-corrected chi connectivity index (χ2v) is 5.74. The summed E-state index contributed by atoms with van der Waals surface area (Å²) in [7, 11) is 0. The number of hydrogen-bond donors (Lipinski definition) is 2. The van der Waals surface area contributed by atoms with Gasteiger partial charge in [0.1, 0.15) is 11.6 Å². The van der Waals surface area contributed by atoms with E-state index < -0.39 is 0 Å². The van der Waals surface area contributed by atoms with E-state index in [2.05, 4.69) is 10.2 Å². The van der Waals surface area contributed by atoms with Crippen LogP contribution in [0.1, 0.15) is 49.5 Å². The van der Waals surface area contributed by atoms with Gasteiger partial charge in [-0.3, -0.25) is 4.57 Å². The van der Waals surface area contributed by atoms with Gasteiger partial charge < -0.3 is 5.11 Å². The molecule has 5 heteroatoms. The van der Waals surface area contributed by atoms with Gasteiger partial charge in [-0.15, -0.1) is 0 Å². The molecule has 21 heavy (non-hydrogen) atoms. The Morgan fingerprint density at radius 1 is 1.19 bits per heavy atom. The number of aromatic nitrogens is 3. The molecule has 5 nitrogen and oxygen atoms in total. The fraction of sp³-hybridized carbons (Fsp3) is 0.500. The van der Waals surface area contributed by atoms with Crippen LogP contribution in [0.25, 0.3) is 0 Å². The normalized spacial score (nSPS) is 16.2. The van der Waals surface area contributed by atoms with Gasteiger partial charge in [-0.2, -0.15) is 5.10 Å². The highest BCUT2D eigenvalue weighted by Crippen LogP contribution is 2.28. The van der Waals surface area contributed by atoms with Crippen LogP contribution in [0.3, 0.4) is 0 Å². The van der Waals surface area contributed by atoms with Gasteiger partial charge in [0.05, 0.1) is 0 Å². The Hall–Kier alpha value is -2.04. The molecule has 1 aromatic heterocycles. The number of para-hydroxylation sites is 1. The van der Waals surface area contributed by atoms with Gasteiger partial charge in [-0.1, -0.05) is 37.5 Å². The Kier molecular flexibility index (Phi) is 4.08. The third kappa shape index (κ3) is 3.01. The lowest BCUT2D eigenvalue weighted by Gasteiger charge is -2.23. The number of aryl methyl sites for hydroxylation is 2. The average molecular weight is 287 g/mol. The molecule has 1 heterocycles. The van der Waals surface area contributed by atoms with E-state index in [-0.39, 0.29) is 11.7 Å². The summed E-state index contributed by atoms with van der Waals surface area (Å²) >= 11 is 0. The summed E-state index contributed by atoms with van der Waals surface area (Å²) in [6, 6.07) is 7.60. The van der Waals surface area contributed by atoms with Crippen molar-refractivity contribution < 1.29 is 5.11 Å². The quantitative estimate of drug-likeness (QED) is 0.908. The summed E-state index contributed by atoms with van der Waals surface area (Å²) in [6.07, 6.45) is 7.08. The van der Waals surface area contributed by atoms with E-state index in [1.54, 1.807) is 6.07 Å². The molecule has 0 bridgehead atoms. The lowest BCUT2D eigenvalue weighted by molar-refractivity contribution is 0.339. The van der Waals surface area contributed by atoms with Crippen LogP contribution in [0.4, 0.5) is 0 Å². The lowest BCUT2D eigenvalue weighted by atomic mass is 9.95. The third-order valence-corrected chi connectivity index (χ3v) is 4.33. The highest BCUT2D eigenvalue weighted by molar-refractivity contribution is 5.32. The Morgan fingerprint density at radius 2 is 1.95 bits per heavy atom. The first kappa shape index (κ1) is 13.9. The van der Waals surface area contributed by atoms with Gasteiger partial charge in [0.2, 0.25) is 0 Å². The second-order valence-electron chi connectivity index (χ2n) is 5.74. The van der Waals surface area contributed by atoms with Crippen LogP contribution >= 0.6 is 0 Å². The van der Waals surface area contributed by atoms with Gasteiger partial charge >= 0.3 is 5.69 Å². The Morgan fingerprint density at radius 3 is 2.71 bits per heavy atom.